The number of thiophene rings is 1. The van der Waals surface area contributed by atoms with Gasteiger partial charge in [0.1, 0.15) is 0 Å². The quantitative estimate of drug-likeness (QED) is 0.165. The molecule has 0 fully saturated rings. The summed E-state index contributed by atoms with van der Waals surface area (Å²) in [5.74, 6) is 0.133. The number of hydrogen-bond donors (Lipinski definition) is 0. The van der Waals surface area contributed by atoms with Crippen molar-refractivity contribution in [3.63, 3.8) is 0 Å². The van der Waals surface area contributed by atoms with Gasteiger partial charge in [-0.15, -0.1) is 11.3 Å². The summed E-state index contributed by atoms with van der Waals surface area (Å²) in [7, 11) is 0. The Kier molecular flexibility index (Phi) is 8.31. The van der Waals surface area contributed by atoms with E-state index in [1.807, 2.05) is 11.3 Å². The lowest BCUT2D eigenvalue weighted by molar-refractivity contribution is 0.685. The molecular weight excluding hydrogens is 793 g/mol. The van der Waals surface area contributed by atoms with Gasteiger partial charge in [0, 0.05) is 33.8 Å². The molecule has 64 heavy (non-hydrogen) atoms. The van der Waals surface area contributed by atoms with Gasteiger partial charge >= 0.3 is 0 Å². The zero-order valence-electron chi connectivity index (χ0n) is 35.3. The number of nitrogens with zero attached hydrogens (tertiary/aromatic N) is 2. The Morgan fingerprint density at radius 3 is 1.55 bits per heavy atom. The largest absolute Gasteiger partial charge is 0.309 e. The van der Waals surface area contributed by atoms with Crippen LogP contribution in [0.1, 0.15) is 46.2 Å². The van der Waals surface area contributed by atoms with Crippen molar-refractivity contribution < 1.29 is 0 Å². The number of rotatable bonds is 6. The van der Waals surface area contributed by atoms with E-state index in [2.05, 4.69) is 247 Å². The van der Waals surface area contributed by atoms with Gasteiger partial charge in [0.2, 0.25) is 0 Å². The van der Waals surface area contributed by atoms with Crippen LogP contribution in [-0.2, 0) is 5.41 Å². The number of hydrogen-bond acceptors (Lipinski definition) is 3. The summed E-state index contributed by atoms with van der Waals surface area (Å²) < 4.78 is 2.51. The number of benzene rings is 10. The van der Waals surface area contributed by atoms with Crippen LogP contribution in [0.15, 0.2) is 231 Å². The van der Waals surface area contributed by atoms with Crippen LogP contribution in [0.3, 0.4) is 0 Å². The molecule has 1 aromatic heterocycles. The first-order chi connectivity index (χ1) is 31.7. The van der Waals surface area contributed by atoms with Crippen LogP contribution in [0.2, 0.25) is 0 Å². The van der Waals surface area contributed by atoms with Crippen molar-refractivity contribution in [2.75, 3.05) is 9.80 Å². The predicted octanol–water partition coefficient (Wildman–Crippen LogP) is 17.0. The zero-order valence-corrected chi connectivity index (χ0v) is 36.1. The summed E-state index contributed by atoms with van der Waals surface area (Å²) in [4.78, 5) is 4.99. The van der Waals surface area contributed by atoms with Gasteiger partial charge in [-0.2, -0.15) is 0 Å². The van der Waals surface area contributed by atoms with Crippen LogP contribution >= 0.6 is 11.3 Å². The summed E-state index contributed by atoms with van der Waals surface area (Å²) in [5, 5.41) is 4.97. The molecule has 0 saturated carbocycles. The predicted molar refractivity (Wildman–Crippen MR) is 271 cm³/mol. The highest BCUT2D eigenvalue weighted by molar-refractivity contribution is 7.27. The van der Waals surface area contributed by atoms with E-state index in [0.29, 0.717) is 0 Å². The zero-order chi connectivity index (χ0) is 42.4. The number of fused-ring (bicyclic) bond motifs is 13. The molecule has 1 heterocycles. The minimum atomic E-state index is -0.466. The molecule has 1 unspecified atom stereocenters. The first-order valence-electron chi connectivity index (χ1n) is 22.3. The molecule has 3 heteroatoms. The van der Waals surface area contributed by atoms with E-state index < -0.39 is 5.41 Å². The fourth-order valence-electron chi connectivity index (χ4n) is 11.3. The van der Waals surface area contributed by atoms with Crippen LogP contribution in [-0.4, -0.2) is 0 Å². The minimum Gasteiger partial charge on any atom is -0.309 e. The van der Waals surface area contributed by atoms with Gasteiger partial charge in [-0.05, 0) is 110 Å². The Morgan fingerprint density at radius 1 is 0.375 bits per heavy atom. The maximum Gasteiger partial charge on any atom is 0.0720 e. The van der Waals surface area contributed by atoms with Gasteiger partial charge in [0.25, 0.3) is 0 Å². The van der Waals surface area contributed by atoms with Gasteiger partial charge in [-0.1, -0.05) is 183 Å². The molecule has 2 aliphatic rings. The fourth-order valence-corrected chi connectivity index (χ4v) is 12.6. The summed E-state index contributed by atoms with van der Waals surface area (Å²) in [5.41, 5.74) is 17.3. The molecule has 13 rings (SSSR count). The molecule has 1 atom stereocenters. The SMILES string of the molecule is CC1c2ccccc2C2(c3ccccc3-c3ccccc32)c2cccc(N(c3ccccc3)c3cccc4c3sc3c(N(c5ccccc5)c5ccc6ccccc6c5)cccc34)c21. The molecule has 2 aliphatic carbocycles. The molecule has 1 spiro atoms. The van der Waals surface area contributed by atoms with Crippen molar-refractivity contribution in [1.29, 1.82) is 0 Å². The smallest absolute Gasteiger partial charge is 0.0720 e. The average molecular weight is 835 g/mol. The molecule has 10 aromatic carbocycles. The first kappa shape index (κ1) is 36.9. The van der Waals surface area contributed by atoms with Crippen LogP contribution in [0.4, 0.5) is 34.1 Å². The summed E-state index contributed by atoms with van der Waals surface area (Å²) in [6.45, 7) is 2.42. The normalized spacial score (nSPS) is 14.3. The molecule has 0 radical (unpaired) electrons. The van der Waals surface area contributed by atoms with E-state index in [0.717, 1.165) is 17.1 Å². The lowest BCUT2D eigenvalue weighted by Gasteiger charge is -2.44. The van der Waals surface area contributed by atoms with E-state index in [9.17, 15) is 0 Å². The molecule has 0 saturated heterocycles. The van der Waals surface area contributed by atoms with Crippen molar-refractivity contribution >= 4 is 76.4 Å². The van der Waals surface area contributed by atoms with Crippen molar-refractivity contribution in [1.82, 2.24) is 0 Å². The summed E-state index contributed by atoms with van der Waals surface area (Å²) in [6.07, 6.45) is 0. The minimum absolute atomic E-state index is 0.133. The van der Waals surface area contributed by atoms with Gasteiger partial charge in [0.15, 0.2) is 0 Å². The third-order valence-electron chi connectivity index (χ3n) is 13.9. The fraction of sp³-hybridized carbons (Fsp3) is 0.0492. The van der Waals surface area contributed by atoms with Gasteiger partial charge in [0.05, 0.1) is 31.9 Å². The molecule has 302 valence electrons. The second-order valence-electron chi connectivity index (χ2n) is 17.2. The Bertz CT molecular complexity index is 3560. The van der Waals surface area contributed by atoms with Crippen LogP contribution in [0, 0.1) is 0 Å². The second kappa shape index (κ2) is 14.4. The van der Waals surface area contributed by atoms with Crippen molar-refractivity contribution in [3.05, 3.63) is 264 Å². The van der Waals surface area contributed by atoms with E-state index in [1.165, 1.54) is 92.5 Å². The third-order valence-corrected chi connectivity index (χ3v) is 15.2. The van der Waals surface area contributed by atoms with E-state index >= 15 is 0 Å². The third kappa shape index (κ3) is 5.25. The van der Waals surface area contributed by atoms with E-state index in [-0.39, 0.29) is 5.92 Å². The Labute approximate surface area is 377 Å². The Morgan fingerprint density at radius 2 is 0.875 bits per heavy atom. The highest BCUT2D eigenvalue weighted by Crippen LogP contribution is 2.63. The van der Waals surface area contributed by atoms with Crippen LogP contribution in [0.25, 0.3) is 42.1 Å². The molecule has 0 amide bonds. The van der Waals surface area contributed by atoms with E-state index in [4.69, 9.17) is 0 Å². The summed E-state index contributed by atoms with van der Waals surface area (Å²) >= 11 is 1.90. The molecule has 0 aliphatic heterocycles. The summed E-state index contributed by atoms with van der Waals surface area (Å²) in [6, 6.07) is 85.5. The highest BCUT2D eigenvalue weighted by atomic mass is 32.1. The van der Waals surface area contributed by atoms with Crippen molar-refractivity contribution in [2.24, 2.45) is 0 Å². The highest BCUT2D eigenvalue weighted by Gasteiger charge is 2.51. The average Bonchev–Trinajstić information content (AvgIpc) is 3.89. The topological polar surface area (TPSA) is 6.48 Å². The van der Waals surface area contributed by atoms with Crippen LogP contribution in [0.5, 0.6) is 0 Å². The molecule has 2 nitrogen and oxygen atoms in total. The standard InChI is InChI=1S/C61H42N2S/c1-40-46-25-10-13-30-51(46)61(52-31-14-11-26-47(52)48-27-12-15-32-53(48)61)54-33-18-34-55(58(40)54)63(44-23-6-3-7-24-44)57-36-17-29-50-49-28-16-35-56(59(49)64-60(50)57)62(43-21-4-2-5-22-43)45-38-37-41-19-8-9-20-42(41)39-45/h2-40H,1H3. The maximum atomic E-state index is 2.55. The Hall–Kier alpha value is -7.72. The number of para-hydroxylation sites is 2. The number of anilines is 6. The van der Waals surface area contributed by atoms with E-state index in [1.54, 1.807) is 0 Å². The van der Waals surface area contributed by atoms with Crippen LogP contribution < -0.4 is 9.80 Å². The Balaban J connectivity index is 1.07. The molecule has 11 aromatic rings. The van der Waals surface area contributed by atoms with Crippen molar-refractivity contribution in [3.8, 4) is 11.1 Å². The van der Waals surface area contributed by atoms with Gasteiger partial charge in [-0.3, -0.25) is 0 Å². The van der Waals surface area contributed by atoms with Gasteiger partial charge in [-0.25, -0.2) is 0 Å². The lowest BCUT2D eigenvalue weighted by atomic mass is 9.59. The molecule has 0 N–H and O–H groups in total. The van der Waals surface area contributed by atoms with Crippen molar-refractivity contribution in [2.45, 2.75) is 18.3 Å². The maximum absolute atomic E-state index is 2.55. The monoisotopic (exact) mass is 834 g/mol. The lowest BCUT2D eigenvalue weighted by Crippen LogP contribution is -2.36. The molecular formula is C61H42N2S. The molecule has 0 bridgehead atoms. The van der Waals surface area contributed by atoms with Gasteiger partial charge < -0.3 is 9.80 Å². The first-order valence-corrected chi connectivity index (χ1v) is 23.1. The second-order valence-corrected chi connectivity index (χ2v) is 18.2.